The number of nitrogens with one attached hydrogen (secondary N) is 1. The van der Waals surface area contributed by atoms with Gasteiger partial charge in [-0.15, -0.1) is 11.3 Å². The molecule has 2 aromatic heterocycles. The van der Waals surface area contributed by atoms with Crippen molar-refractivity contribution in [1.29, 1.82) is 0 Å². The second kappa shape index (κ2) is 5.39. The minimum absolute atomic E-state index is 0.238. The van der Waals surface area contributed by atoms with E-state index in [2.05, 4.69) is 75.1 Å². The molecule has 21 heavy (non-hydrogen) atoms. The van der Waals surface area contributed by atoms with Gasteiger partial charge in [0.15, 0.2) is 0 Å². The Morgan fingerprint density at radius 3 is 2.57 bits per heavy atom. The highest BCUT2D eigenvalue weighted by atomic mass is 32.1. The number of thiophene rings is 2. The molecule has 3 heterocycles. The predicted octanol–water partition coefficient (Wildman–Crippen LogP) is 4.92. The molecule has 4 rings (SSSR count). The molecule has 4 heteroatoms. The van der Waals surface area contributed by atoms with Crippen molar-refractivity contribution in [2.24, 2.45) is 0 Å². The fourth-order valence-electron chi connectivity index (χ4n) is 2.53. The lowest BCUT2D eigenvalue weighted by Gasteiger charge is -2.26. The number of hydrogen-bond donors (Lipinski definition) is 1. The van der Waals surface area contributed by atoms with Crippen LogP contribution < -0.4 is 10.4 Å². The highest BCUT2D eigenvalue weighted by molar-refractivity contribution is 7.10. The maximum atomic E-state index is 3.56. The molecule has 1 N–H and O–H groups in total. The van der Waals surface area contributed by atoms with Crippen LogP contribution in [0.3, 0.4) is 0 Å². The number of rotatable bonds is 3. The minimum Gasteiger partial charge on any atom is -0.297 e. The number of hydrazine groups is 1. The van der Waals surface area contributed by atoms with Crippen LogP contribution in [0.5, 0.6) is 0 Å². The third kappa shape index (κ3) is 2.37. The predicted molar refractivity (Wildman–Crippen MR) is 91.4 cm³/mol. The molecule has 0 saturated carbocycles. The molecule has 0 fully saturated rings. The van der Waals surface area contributed by atoms with Gasteiger partial charge in [-0.1, -0.05) is 24.3 Å². The summed E-state index contributed by atoms with van der Waals surface area (Å²) in [6.45, 7) is 0. The van der Waals surface area contributed by atoms with Crippen LogP contribution in [0.1, 0.15) is 16.5 Å². The fourth-order valence-corrected chi connectivity index (χ4v) is 3.97. The summed E-state index contributed by atoms with van der Waals surface area (Å²) in [6.07, 6.45) is 2.31. The largest absolute Gasteiger partial charge is 0.297 e. The molecule has 1 aliphatic heterocycles. The lowest BCUT2D eigenvalue weighted by atomic mass is 10.1. The quantitative estimate of drug-likeness (QED) is 0.739. The molecule has 0 bridgehead atoms. The van der Waals surface area contributed by atoms with Crippen LogP contribution in [-0.4, -0.2) is 0 Å². The van der Waals surface area contributed by atoms with Crippen LogP contribution in [0.2, 0.25) is 0 Å². The van der Waals surface area contributed by atoms with E-state index in [1.54, 1.807) is 22.7 Å². The second-order valence-electron chi connectivity index (χ2n) is 4.87. The Hall–Kier alpha value is -2.04. The van der Waals surface area contributed by atoms with E-state index in [1.165, 1.54) is 21.8 Å². The van der Waals surface area contributed by atoms with Crippen molar-refractivity contribution >= 4 is 34.1 Å². The molecule has 104 valence electrons. The number of benzene rings is 1. The van der Waals surface area contributed by atoms with Crippen molar-refractivity contribution in [3.63, 3.8) is 0 Å². The van der Waals surface area contributed by atoms with Gasteiger partial charge < -0.3 is 0 Å². The Bertz CT molecular complexity index is 730. The normalized spacial score (nSPS) is 17.6. The van der Waals surface area contributed by atoms with Crippen LogP contribution in [0.25, 0.3) is 5.70 Å². The molecule has 3 aromatic rings. The molecule has 2 nitrogen and oxygen atoms in total. The topological polar surface area (TPSA) is 15.3 Å². The molecule has 1 aromatic carbocycles. The summed E-state index contributed by atoms with van der Waals surface area (Å²) < 4.78 is 0. The summed E-state index contributed by atoms with van der Waals surface area (Å²) in [5.74, 6) is 0. The maximum absolute atomic E-state index is 3.56. The van der Waals surface area contributed by atoms with E-state index in [-0.39, 0.29) is 6.04 Å². The van der Waals surface area contributed by atoms with Gasteiger partial charge in [0.05, 0.1) is 11.4 Å². The van der Waals surface area contributed by atoms with Crippen molar-refractivity contribution in [3.8, 4) is 0 Å². The fraction of sp³-hybridized carbons (Fsp3) is 0.0588. The molecule has 1 aliphatic rings. The van der Waals surface area contributed by atoms with Crippen LogP contribution in [-0.2, 0) is 0 Å². The lowest BCUT2D eigenvalue weighted by Crippen LogP contribution is -2.33. The lowest BCUT2D eigenvalue weighted by molar-refractivity contribution is 0.733. The third-order valence-electron chi connectivity index (χ3n) is 3.54. The zero-order valence-electron chi connectivity index (χ0n) is 11.3. The number of para-hydroxylation sites is 1. The highest BCUT2D eigenvalue weighted by Gasteiger charge is 2.27. The SMILES string of the molecule is C1=C(c2ccsc2)NN(c2ccccc2)C1c1cccs1. The van der Waals surface area contributed by atoms with E-state index >= 15 is 0 Å². The first-order valence-electron chi connectivity index (χ1n) is 6.80. The molecule has 0 spiro atoms. The smallest absolute Gasteiger partial charge is 0.105 e. The van der Waals surface area contributed by atoms with Crippen LogP contribution in [0.15, 0.2) is 70.7 Å². The van der Waals surface area contributed by atoms with Gasteiger partial charge in [0.25, 0.3) is 0 Å². The van der Waals surface area contributed by atoms with E-state index in [0.717, 1.165) is 0 Å². The van der Waals surface area contributed by atoms with Crippen molar-refractivity contribution in [1.82, 2.24) is 5.43 Å². The van der Waals surface area contributed by atoms with Gasteiger partial charge in [0, 0.05) is 15.8 Å². The van der Waals surface area contributed by atoms with Crippen LogP contribution in [0, 0.1) is 0 Å². The van der Waals surface area contributed by atoms with Crippen LogP contribution in [0.4, 0.5) is 5.69 Å². The molecular formula is C17H14N2S2. The van der Waals surface area contributed by atoms with Gasteiger partial charge in [-0.05, 0) is 41.1 Å². The zero-order valence-corrected chi connectivity index (χ0v) is 12.9. The summed E-state index contributed by atoms with van der Waals surface area (Å²) in [5, 5.41) is 8.66. The van der Waals surface area contributed by atoms with Gasteiger partial charge >= 0.3 is 0 Å². The van der Waals surface area contributed by atoms with Gasteiger partial charge in [-0.3, -0.25) is 10.4 Å². The third-order valence-corrected chi connectivity index (χ3v) is 5.17. The molecule has 0 aliphatic carbocycles. The van der Waals surface area contributed by atoms with Gasteiger partial charge in [-0.2, -0.15) is 11.3 Å². The van der Waals surface area contributed by atoms with Crippen molar-refractivity contribution in [3.05, 3.63) is 81.2 Å². The van der Waals surface area contributed by atoms with Crippen molar-refractivity contribution < 1.29 is 0 Å². The van der Waals surface area contributed by atoms with Crippen LogP contribution >= 0.6 is 22.7 Å². The summed E-state index contributed by atoms with van der Waals surface area (Å²) in [5.41, 5.74) is 7.16. The Morgan fingerprint density at radius 2 is 1.86 bits per heavy atom. The molecule has 1 unspecified atom stereocenters. The van der Waals surface area contributed by atoms with Crippen molar-refractivity contribution in [2.45, 2.75) is 6.04 Å². The van der Waals surface area contributed by atoms with E-state index in [0.29, 0.717) is 0 Å². The van der Waals surface area contributed by atoms with E-state index in [9.17, 15) is 0 Å². The minimum atomic E-state index is 0.238. The van der Waals surface area contributed by atoms with Gasteiger partial charge in [-0.25, -0.2) is 0 Å². The highest BCUT2D eigenvalue weighted by Crippen LogP contribution is 2.36. The number of hydrogen-bond acceptors (Lipinski definition) is 4. The van der Waals surface area contributed by atoms with Crippen molar-refractivity contribution in [2.75, 3.05) is 5.01 Å². The summed E-state index contributed by atoms with van der Waals surface area (Å²) in [6, 6.07) is 17.2. The second-order valence-corrected chi connectivity index (χ2v) is 6.63. The maximum Gasteiger partial charge on any atom is 0.105 e. The van der Waals surface area contributed by atoms with Gasteiger partial charge in [0.2, 0.25) is 0 Å². The first-order chi connectivity index (χ1) is 10.4. The van der Waals surface area contributed by atoms with E-state index in [4.69, 9.17) is 0 Å². The summed E-state index contributed by atoms with van der Waals surface area (Å²) in [4.78, 5) is 1.34. The van der Waals surface area contributed by atoms with Gasteiger partial charge in [0.1, 0.15) is 6.04 Å². The average molecular weight is 310 g/mol. The Kier molecular flexibility index (Phi) is 3.25. The Morgan fingerprint density at radius 1 is 0.952 bits per heavy atom. The number of nitrogens with zero attached hydrogens (tertiary/aromatic N) is 1. The number of anilines is 1. The molecule has 0 radical (unpaired) electrons. The summed E-state index contributed by atoms with van der Waals surface area (Å²) in [7, 11) is 0. The zero-order chi connectivity index (χ0) is 14.1. The molecule has 0 amide bonds. The molecule has 1 atom stereocenters. The monoisotopic (exact) mass is 310 g/mol. The molecule has 0 saturated heterocycles. The first-order valence-corrected chi connectivity index (χ1v) is 8.63. The Balaban J connectivity index is 1.74. The van der Waals surface area contributed by atoms with E-state index in [1.807, 2.05) is 6.07 Å². The average Bonchev–Trinajstić information content (AvgIpc) is 3.27. The first kappa shape index (κ1) is 12.7. The summed E-state index contributed by atoms with van der Waals surface area (Å²) >= 11 is 3.52. The molecular weight excluding hydrogens is 296 g/mol. The van der Waals surface area contributed by atoms with E-state index < -0.39 is 0 Å². The standard InChI is InChI=1S/C17H14N2S2/c1-2-5-14(6-3-1)19-16(17-7-4-9-21-17)11-15(18-19)13-8-10-20-12-13/h1-12,16,18H. The Labute approximate surface area is 132 Å².